The van der Waals surface area contributed by atoms with E-state index in [0.29, 0.717) is 12.1 Å². The van der Waals surface area contributed by atoms with Crippen LogP contribution >= 0.6 is 0 Å². The number of carbonyl (C=O) groups excluding carboxylic acids is 2. The minimum Gasteiger partial charge on any atom is -0.352 e. The minimum absolute atomic E-state index is 0.0312. The molecule has 0 aliphatic heterocycles. The number of amides is 2. The van der Waals surface area contributed by atoms with Crippen LogP contribution in [-0.2, 0) is 12.4 Å². The van der Waals surface area contributed by atoms with Gasteiger partial charge >= 0.3 is 12.4 Å². The van der Waals surface area contributed by atoms with Gasteiger partial charge in [0.2, 0.25) is 5.82 Å². The quantitative estimate of drug-likeness (QED) is 0.538. The van der Waals surface area contributed by atoms with Gasteiger partial charge in [-0.25, -0.2) is 15.0 Å². The molecule has 0 spiro atoms. The molecule has 3 rings (SSSR count). The summed E-state index contributed by atoms with van der Waals surface area (Å²) < 4.78 is 80.3. The van der Waals surface area contributed by atoms with E-state index in [0.717, 1.165) is 16.6 Å². The highest BCUT2D eigenvalue weighted by Crippen LogP contribution is 2.37. The molecular formula is C20H17F6N7O2. The standard InChI is InChI=1S/C20H17F6N7O2/c1-10(15-30-14(16(34)27-2)31-33(15)18-28-5-4-6-29-18)32(3)17(35)11-7-12(19(21,22)23)9-13(8-11)20(24,25)26/h4-10H,1-3H3,(H,27,34). The molecule has 0 radical (unpaired) electrons. The molecule has 2 aromatic heterocycles. The van der Waals surface area contributed by atoms with Crippen molar-refractivity contribution in [2.45, 2.75) is 25.3 Å². The normalized spacial score (nSPS) is 12.8. The Bertz CT molecular complexity index is 1210. The van der Waals surface area contributed by atoms with Crippen molar-refractivity contribution < 1.29 is 35.9 Å². The van der Waals surface area contributed by atoms with E-state index in [2.05, 4.69) is 25.4 Å². The molecule has 2 amide bonds. The maximum atomic E-state index is 13.2. The second-order valence-corrected chi connectivity index (χ2v) is 7.22. The highest BCUT2D eigenvalue weighted by molar-refractivity contribution is 5.95. The zero-order valence-corrected chi connectivity index (χ0v) is 18.3. The lowest BCUT2D eigenvalue weighted by molar-refractivity contribution is -0.143. The summed E-state index contributed by atoms with van der Waals surface area (Å²) in [4.78, 5) is 38.0. The maximum absolute atomic E-state index is 13.2. The van der Waals surface area contributed by atoms with Crippen LogP contribution in [0.3, 0.4) is 0 Å². The molecule has 2 heterocycles. The molecule has 35 heavy (non-hydrogen) atoms. The molecule has 15 heteroatoms. The van der Waals surface area contributed by atoms with Crippen molar-refractivity contribution in [1.29, 1.82) is 0 Å². The predicted molar refractivity (Wildman–Crippen MR) is 107 cm³/mol. The van der Waals surface area contributed by atoms with Crippen LogP contribution < -0.4 is 5.32 Å². The van der Waals surface area contributed by atoms with Gasteiger partial charge in [0.25, 0.3) is 17.8 Å². The van der Waals surface area contributed by atoms with Crippen LogP contribution in [0.15, 0.2) is 36.7 Å². The van der Waals surface area contributed by atoms with E-state index in [1.807, 2.05) is 0 Å². The first kappa shape index (κ1) is 25.6. The zero-order valence-electron chi connectivity index (χ0n) is 18.3. The van der Waals surface area contributed by atoms with E-state index >= 15 is 0 Å². The summed E-state index contributed by atoms with van der Waals surface area (Å²) in [7, 11) is 2.48. The summed E-state index contributed by atoms with van der Waals surface area (Å²) in [6.45, 7) is 1.40. The van der Waals surface area contributed by atoms with Gasteiger partial charge in [-0.05, 0) is 31.2 Å². The Morgan fingerprint density at radius 2 is 1.54 bits per heavy atom. The Morgan fingerprint density at radius 1 is 1.00 bits per heavy atom. The Hall–Kier alpha value is -4.04. The van der Waals surface area contributed by atoms with Gasteiger partial charge in [0, 0.05) is 32.1 Å². The van der Waals surface area contributed by atoms with Gasteiger partial charge < -0.3 is 10.2 Å². The lowest BCUT2D eigenvalue weighted by atomic mass is 10.0. The van der Waals surface area contributed by atoms with Crippen LogP contribution in [0.4, 0.5) is 26.3 Å². The van der Waals surface area contributed by atoms with E-state index in [1.54, 1.807) is 0 Å². The van der Waals surface area contributed by atoms with Gasteiger partial charge in [-0.15, -0.1) is 5.10 Å². The summed E-state index contributed by atoms with van der Waals surface area (Å²) in [5, 5.41) is 6.33. The summed E-state index contributed by atoms with van der Waals surface area (Å²) in [5.41, 5.74) is -4.09. The van der Waals surface area contributed by atoms with Gasteiger partial charge in [0.1, 0.15) is 0 Å². The van der Waals surface area contributed by atoms with Crippen LogP contribution in [0, 0.1) is 0 Å². The van der Waals surface area contributed by atoms with E-state index in [4.69, 9.17) is 0 Å². The molecule has 3 aromatic rings. The van der Waals surface area contributed by atoms with E-state index in [-0.39, 0.29) is 23.7 Å². The molecule has 0 fully saturated rings. The molecule has 1 unspecified atom stereocenters. The first-order chi connectivity index (χ1) is 16.2. The van der Waals surface area contributed by atoms with Gasteiger partial charge in [-0.2, -0.15) is 31.0 Å². The number of carbonyl (C=O) groups is 2. The molecule has 0 aliphatic carbocycles. The van der Waals surface area contributed by atoms with Crippen LogP contribution in [0.25, 0.3) is 5.95 Å². The number of hydrogen-bond donors (Lipinski definition) is 1. The maximum Gasteiger partial charge on any atom is 0.416 e. The van der Waals surface area contributed by atoms with Crippen LogP contribution in [0.1, 0.15) is 50.9 Å². The van der Waals surface area contributed by atoms with Gasteiger partial charge in [0.15, 0.2) is 5.82 Å². The molecule has 0 bridgehead atoms. The minimum atomic E-state index is -5.12. The van der Waals surface area contributed by atoms with Crippen molar-refractivity contribution in [1.82, 2.24) is 34.9 Å². The third-order valence-corrected chi connectivity index (χ3v) is 4.91. The van der Waals surface area contributed by atoms with Gasteiger partial charge in [0.05, 0.1) is 17.2 Å². The van der Waals surface area contributed by atoms with Crippen LogP contribution in [0.2, 0.25) is 0 Å². The van der Waals surface area contributed by atoms with Crippen LogP contribution in [-0.4, -0.2) is 55.5 Å². The number of rotatable bonds is 5. The Morgan fingerprint density at radius 3 is 2.03 bits per heavy atom. The SMILES string of the molecule is CNC(=O)c1nc(C(C)N(C)C(=O)c2cc(C(F)(F)F)cc(C(F)(F)F)c2)n(-c2ncccn2)n1. The largest absolute Gasteiger partial charge is 0.416 e. The smallest absolute Gasteiger partial charge is 0.352 e. The first-order valence-corrected chi connectivity index (χ1v) is 9.77. The fourth-order valence-corrected chi connectivity index (χ4v) is 2.98. The number of hydrogen-bond acceptors (Lipinski definition) is 6. The number of nitrogens with zero attached hydrogens (tertiary/aromatic N) is 6. The molecule has 0 saturated heterocycles. The number of nitrogens with one attached hydrogen (secondary N) is 1. The molecule has 1 N–H and O–H groups in total. The highest BCUT2D eigenvalue weighted by atomic mass is 19.4. The predicted octanol–water partition coefficient (Wildman–Crippen LogP) is 3.29. The summed E-state index contributed by atoms with van der Waals surface area (Å²) in [6.07, 6.45) is -7.50. The Balaban J connectivity index is 2.06. The lowest BCUT2D eigenvalue weighted by Gasteiger charge is -2.25. The van der Waals surface area contributed by atoms with Gasteiger partial charge in [-0.1, -0.05) is 0 Å². The third kappa shape index (κ3) is 5.38. The molecule has 0 saturated carbocycles. The van der Waals surface area contributed by atoms with Crippen molar-refractivity contribution in [3.8, 4) is 5.95 Å². The van der Waals surface area contributed by atoms with Crippen molar-refractivity contribution in [3.05, 3.63) is 65.0 Å². The summed E-state index contributed by atoms with van der Waals surface area (Å²) >= 11 is 0. The topological polar surface area (TPSA) is 106 Å². The number of aromatic nitrogens is 5. The fourth-order valence-electron chi connectivity index (χ4n) is 2.98. The van der Waals surface area contributed by atoms with Gasteiger partial charge in [-0.3, -0.25) is 9.59 Å². The monoisotopic (exact) mass is 501 g/mol. The Kier molecular flexibility index (Phi) is 6.80. The van der Waals surface area contributed by atoms with Crippen LogP contribution in [0.5, 0.6) is 0 Å². The second-order valence-electron chi connectivity index (χ2n) is 7.22. The van der Waals surface area contributed by atoms with Crippen molar-refractivity contribution in [2.24, 2.45) is 0 Å². The van der Waals surface area contributed by atoms with Crippen molar-refractivity contribution in [2.75, 3.05) is 14.1 Å². The Labute approximate surface area is 193 Å². The number of benzene rings is 1. The molecule has 9 nitrogen and oxygen atoms in total. The third-order valence-electron chi connectivity index (χ3n) is 4.91. The van der Waals surface area contributed by atoms with E-state index in [1.165, 1.54) is 32.4 Å². The number of alkyl halides is 6. The average Bonchev–Trinajstić information content (AvgIpc) is 3.26. The average molecular weight is 501 g/mol. The molecule has 1 aromatic carbocycles. The summed E-state index contributed by atoms with van der Waals surface area (Å²) in [5.74, 6) is -2.25. The van der Waals surface area contributed by atoms with Crippen molar-refractivity contribution in [3.63, 3.8) is 0 Å². The zero-order chi connectivity index (χ0) is 26.1. The molecule has 186 valence electrons. The molecular weight excluding hydrogens is 484 g/mol. The highest BCUT2D eigenvalue weighted by Gasteiger charge is 2.38. The molecule has 1 atom stereocenters. The van der Waals surface area contributed by atoms with E-state index in [9.17, 15) is 35.9 Å². The lowest BCUT2D eigenvalue weighted by Crippen LogP contribution is -2.32. The first-order valence-electron chi connectivity index (χ1n) is 9.77. The molecule has 0 aliphatic rings. The van der Waals surface area contributed by atoms with E-state index < -0.39 is 46.9 Å². The van der Waals surface area contributed by atoms with Crippen molar-refractivity contribution >= 4 is 11.8 Å². The summed E-state index contributed by atoms with van der Waals surface area (Å²) in [6, 6.07) is 1.02. The second kappa shape index (κ2) is 9.31. The fraction of sp³-hybridized carbons (Fsp3) is 0.300. The number of halogens is 6.